The molecule has 0 saturated carbocycles. The molecule has 0 bridgehead atoms. The maximum atomic E-state index is 11.8. The van der Waals surface area contributed by atoms with Gasteiger partial charge in [-0.15, -0.1) is 0 Å². The molecule has 0 atom stereocenters. The number of nitrogens with one attached hydrogen (secondary N) is 1. The second-order valence-electron chi connectivity index (χ2n) is 2.80. The molecular formula is C10H7ClN2O. The van der Waals surface area contributed by atoms with Gasteiger partial charge in [-0.25, -0.2) is 0 Å². The minimum Gasteiger partial charge on any atom is -0.288 e. The van der Waals surface area contributed by atoms with Gasteiger partial charge in [-0.2, -0.15) is 5.10 Å². The van der Waals surface area contributed by atoms with Gasteiger partial charge in [0.05, 0.1) is 16.8 Å². The topological polar surface area (TPSA) is 45.8 Å². The molecule has 1 N–H and O–H groups in total. The van der Waals surface area contributed by atoms with E-state index < -0.39 is 0 Å². The molecular weight excluding hydrogens is 200 g/mol. The minimum absolute atomic E-state index is 0.121. The highest BCUT2D eigenvalue weighted by atomic mass is 35.5. The summed E-state index contributed by atoms with van der Waals surface area (Å²) < 4.78 is 0. The van der Waals surface area contributed by atoms with Crippen molar-refractivity contribution in [2.24, 2.45) is 0 Å². The van der Waals surface area contributed by atoms with E-state index in [1.54, 1.807) is 30.5 Å². The van der Waals surface area contributed by atoms with Gasteiger partial charge in [-0.3, -0.25) is 9.89 Å². The normalized spacial score (nSPS) is 10.1. The Kier molecular flexibility index (Phi) is 2.33. The average molecular weight is 207 g/mol. The summed E-state index contributed by atoms with van der Waals surface area (Å²) in [7, 11) is 0. The molecule has 0 saturated heterocycles. The first-order chi connectivity index (χ1) is 6.79. The summed E-state index contributed by atoms with van der Waals surface area (Å²) in [4.78, 5) is 11.8. The molecule has 2 aromatic rings. The van der Waals surface area contributed by atoms with Crippen molar-refractivity contribution in [2.75, 3.05) is 0 Å². The lowest BCUT2D eigenvalue weighted by molar-refractivity contribution is 0.103. The van der Waals surface area contributed by atoms with Crippen molar-refractivity contribution in [2.45, 2.75) is 0 Å². The van der Waals surface area contributed by atoms with Crippen LogP contribution in [0.5, 0.6) is 0 Å². The zero-order chi connectivity index (χ0) is 9.97. The van der Waals surface area contributed by atoms with Crippen LogP contribution in [0, 0.1) is 0 Å². The van der Waals surface area contributed by atoms with Gasteiger partial charge in [0.2, 0.25) is 0 Å². The van der Waals surface area contributed by atoms with Crippen LogP contribution in [0.4, 0.5) is 0 Å². The smallest absolute Gasteiger partial charge is 0.197 e. The first kappa shape index (κ1) is 8.97. The molecule has 2 rings (SSSR count). The van der Waals surface area contributed by atoms with E-state index in [0.29, 0.717) is 16.1 Å². The molecule has 0 amide bonds. The Morgan fingerprint density at radius 2 is 2.14 bits per heavy atom. The van der Waals surface area contributed by atoms with Crippen LogP contribution in [-0.4, -0.2) is 16.0 Å². The highest BCUT2D eigenvalue weighted by Gasteiger charge is 2.12. The van der Waals surface area contributed by atoms with E-state index in [1.807, 2.05) is 0 Å². The van der Waals surface area contributed by atoms with E-state index in [1.165, 1.54) is 6.20 Å². The lowest BCUT2D eigenvalue weighted by atomic mass is 10.1. The van der Waals surface area contributed by atoms with Gasteiger partial charge in [0.1, 0.15) is 0 Å². The SMILES string of the molecule is O=C(c1cn[nH]c1)c1ccccc1Cl. The van der Waals surface area contributed by atoms with Crippen LogP contribution in [0.3, 0.4) is 0 Å². The molecule has 1 aromatic heterocycles. The highest BCUT2D eigenvalue weighted by Crippen LogP contribution is 2.18. The third-order valence-corrected chi connectivity index (χ3v) is 2.21. The number of carbonyl (C=O) groups is 1. The van der Waals surface area contributed by atoms with E-state index in [2.05, 4.69) is 10.2 Å². The minimum atomic E-state index is -0.121. The Bertz CT molecular complexity index is 451. The Morgan fingerprint density at radius 1 is 1.36 bits per heavy atom. The van der Waals surface area contributed by atoms with E-state index in [-0.39, 0.29) is 5.78 Å². The molecule has 4 heteroatoms. The van der Waals surface area contributed by atoms with Crippen LogP contribution in [0.25, 0.3) is 0 Å². The van der Waals surface area contributed by atoms with Gasteiger partial charge in [-0.05, 0) is 12.1 Å². The van der Waals surface area contributed by atoms with Gasteiger partial charge in [0.25, 0.3) is 0 Å². The van der Waals surface area contributed by atoms with Gasteiger partial charge < -0.3 is 0 Å². The van der Waals surface area contributed by atoms with E-state index in [4.69, 9.17) is 11.6 Å². The number of carbonyl (C=O) groups excluding carboxylic acids is 1. The van der Waals surface area contributed by atoms with Crippen molar-refractivity contribution < 1.29 is 4.79 Å². The number of rotatable bonds is 2. The van der Waals surface area contributed by atoms with Crippen molar-refractivity contribution in [3.8, 4) is 0 Å². The summed E-state index contributed by atoms with van der Waals surface area (Å²) in [6, 6.07) is 6.94. The average Bonchev–Trinajstić information content (AvgIpc) is 2.70. The molecule has 0 aliphatic rings. The van der Waals surface area contributed by atoms with Gasteiger partial charge in [0, 0.05) is 11.8 Å². The second-order valence-corrected chi connectivity index (χ2v) is 3.20. The number of aromatic amines is 1. The Balaban J connectivity index is 2.42. The fourth-order valence-corrected chi connectivity index (χ4v) is 1.40. The number of benzene rings is 1. The largest absolute Gasteiger partial charge is 0.288 e. The predicted molar refractivity (Wildman–Crippen MR) is 53.5 cm³/mol. The fraction of sp³-hybridized carbons (Fsp3) is 0. The number of aromatic nitrogens is 2. The molecule has 0 radical (unpaired) electrons. The number of hydrogen-bond donors (Lipinski definition) is 1. The van der Waals surface area contributed by atoms with Crippen molar-refractivity contribution in [3.05, 3.63) is 52.8 Å². The van der Waals surface area contributed by atoms with Gasteiger partial charge >= 0.3 is 0 Å². The quantitative estimate of drug-likeness (QED) is 0.767. The van der Waals surface area contributed by atoms with Crippen molar-refractivity contribution in [1.29, 1.82) is 0 Å². The molecule has 0 unspecified atom stereocenters. The Labute approximate surface area is 85.7 Å². The summed E-state index contributed by atoms with van der Waals surface area (Å²) in [5.41, 5.74) is 1.01. The van der Waals surface area contributed by atoms with Crippen LogP contribution < -0.4 is 0 Å². The van der Waals surface area contributed by atoms with Crippen LogP contribution in [0.1, 0.15) is 15.9 Å². The van der Waals surface area contributed by atoms with E-state index >= 15 is 0 Å². The van der Waals surface area contributed by atoms with Gasteiger partial charge in [0.15, 0.2) is 5.78 Å². The van der Waals surface area contributed by atoms with Crippen molar-refractivity contribution in [1.82, 2.24) is 10.2 Å². The molecule has 0 fully saturated rings. The fourth-order valence-electron chi connectivity index (χ4n) is 1.18. The summed E-state index contributed by atoms with van der Waals surface area (Å²) in [6.45, 7) is 0. The lowest BCUT2D eigenvalue weighted by Crippen LogP contribution is -2.00. The Morgan fingerprint density at radius 3 is 2.79 bits per heavy atom. The zero-order valence-corrected chi connectivity index (χ0v) is 7.95. The summed E-state index contributed by atoms with van der Waals surface area (Å²) in [5.74, 6) is -0.121. The maximum Gasteiger partial charge on any atom is 0.197 e. The Hall–Kier alpha value is -1.61. The van der Waals surface area contributed by atoms with Crippen molar-refractivity contribution >= 4 is 17.4 Å². The molecule has 1 heterocycles. The predicted octanol–water partition coefficient (Wildman–Crippen LogP) is 2.29. The molecule has 1 aromatic carbocycles. The standard InChI is InChI=1S/C10H7ClN2O/c11-9-4-2-1-3-8(9)10(14)7-5-12-13-6-7/h1-6H,(H,12,13). The third kappa shape index (κ3) is 1.54. The summed E-state index contributed by atoms with van der Waals surface area (Å²) in [5, 5.41) is 6.75. The molecule has 3 nitrogen and oxygen atoms in total. The number of ketones is 1. The first-order valence-electron chi connectivity index (χ1n) is 4.07. The number of nitrogens with zero attached hydrogens (tertiary/aromatic N) is 1. The maximum absolute atomic E-state index is 11.8. The molecule has 14 heavy (non-hydrogen) atoms. The highest BCUT2D eigenvalue weighted by molar-refractivity contribution is 6.34. The molecule has 0 aliphatic carbocycles. The van der Waals surface area contributed by atoms with Crippen LogP contribution >= 0.6 is 11.6 Å². The molecule has 70 valence electrons. The number of hydrogen-bond acceptors (Lipinski definition) is 2. The summed E-state index contributed by atoms with van der Waals surface area (Å²) in [6.07, 6.45) is 3.03. The van der Waals surface area contributed by atoms with Crippen molar-refractivity contribution in [3.63, 3.8) is 0 Å². The van der Waals surface area contributed by atoms with Crippen LogP contribution in [-0.2, 0) is 0 Å². The number of H-pyrrole nitrogens is 1. The third-order valence-electron chi connectivity index (χ3n) is 1.88. The van der Waals surface area contributed by atoms with Gasteiger partial charge in [-0.1, -0.05) is 23.7 Å². The monoisotopic (exact) mass is 206 g/mol. The first-order valence-corrected chi connectivity index (χ1v) is 4.45. The van der Waals surface area contributed by atoms with Crippen LogP contribution in [0.15, 0.2) is 36.7 Å². The van der Waals surface area contributed by atoms with E-state index in [0.717, 1.165) is 0 Å². The second kappa shape index (κ2) is 3.64. The number of halogens is 1. The lowest BCUT2D eigenvalue weighted by Gasteiger charge is -1.99. The molecule has 0 aliphatic heterocycles. The molecule has 0 spiro atoms. The zero-order valence-electron chi connectivity index (χ0n) is 7.20. The van der Waals surface area contributed by atoms with Crippen LogP contribution in [0.2, 0.25) is 5.02 Å². The summed E-state index contributed by atoms with van der Waals surface area (Å²) >= 11 is 5.88. The van der Waals surface area contributed by atoms with E-state index in [9.17, 15) is 4.79 Å².